The Bertz CT molecular complexity index is 199. The summed E-state index contributed by atoms with van der Waals surface area (Å²) in [5, 5.41) is 3.36. The lowest BCUT2D eigenvalue weighted by molar-refractivity contribution is 0.449. The summed E-state index contributed by atoms with van der Waals surface area (Å²) >= 11 is 0. The lowest BCUT2D eigenvalue weighted by Gasteiger charge is -2.20. The monoisotopic (exact) mass is 151 g/mol. The number of aromatic nitrogens is 2. The first-order valence-electron chi connectivity index (χ1n) is 4.17. The molecule has 2 N–H and O–H groups in total. The average Bonchev–Trinajstić information content (AvgIpc) is 2.58. The van der Waals surface area contributed by atoms with Gasteiger partial charge in [0.2, 0.25) is 0 Å². The van der Waals surface area contributed by atoms with E-state index in [2.05, 4.69) is 15.3 Å². The maximum absolute atomic E-state index is 4.24. The highest BCUT2D eigenvalue weighted by Gasteiger charge is 2.16. The number of hydrogen-bond donors (Lipinski definition) is 2. The molecule has 0 bridgehead atoms. The molecule has 3 heteroatoms. The second-order valence-corrected chi connectivity index (χ2v) is 3.02. The van der Waals surface area contributed by atoms with Crippen LogP contribution in [-0.2, 0) is 0 Å². The van der Waals surface area contributed by atoms with E-state index in [0.717, 1.165) is 18.9 Å². The molecule has 0 saturated carbocycles. The van der Waals surface area contributed by atoms with Crippen molar-refractivity contribution >= 4 is 0 Å². The van der Waals surface area contributed by atoms with Crippen LogP contribution in [0.5, 0.6) is 0 Å². The normalized spacial score (nSPS) is 25.3. The van der Waals surface area contributed by atoms with Crippen LogP contribution in [0.1, 0.15) is 24.6 Å². The molecule has 0 amide bonds. The van der Waals surface area contributed by atoms with E-state index >= 15 is 0 Å². The van der Waals surface area contributed by atoms with E-state index in [-0.39, 0.29) is 0 Å². The maximum Gasteiger partial charge on any atom is 0.110 e. The lowest BCUT2D eigenvalue weighted by Crippen LogP contribution is -2.28. The molecule has 1 atom stereocenters. The van der Waals surface area contributed by atoms with Gasteiger partial charge in [0, 0.05) is 24.9 Å². The van der Waals surface area contributed by atoms with E-state index in [4.69, 9.17) is 0 Å². The Balaban J connectivity index is 2.04. The number of H-pyrrole nitrogens is 1. The van der Waals surface area contributed by atoms with Crippen LogP contribution in [0.15, 0.2) is 12.4 Å². The summed E-state index contributed by atoms with van der Waals surface area (Å²) in [4.78, 5) is 7.40. The van der Waals surface area contributed by atoms with Gasteiger partial charge in [-0.2, -0.15) is 0 Å². The minimum absolute atomic E-state index is 0.610. The van der Waals surface area contributed by atoms with Crippen LogP contribution >= 0.6 is 0 Å². The van der Waals surface area contributed by atoms with Crippen molar-refractivity contribution in [1.82, 2.24) is 15.3 Å². The van der Waals surface area contributed by atoms with Crippen LogP contribution < -0.4 is 5.32 Å². The van der Waals surface area contributed by atoms with Crippen molar-refractivity contribution in [2.45, 2.75) is 18.8 Å². The van der Waals surface area contributed by atoms with Gasteiger partial charge in [0.1, 0.15) is 5.82 Å². The van der Waals surface area contributed by atoms with Gasteiger partial charge in [0.25, 0.3) is 0 Å². The molecule has 1 aliphatic heterocycles. The minimum Gasteiger partial charge on any atom is -0.348 e. The Morgan fingerprint density at radius 3 is 3.18 bits per heavy atom. The number of piperidine rings is 1. The third-order valence-corrected chi connectivity index (χ3v) is 2.20. The second-order valence-electron chi connectivity index (χ2n) is 3.02. The van der Waals surface area contributed by atoms with Gasteiger partial charge >= 0.3 is 0 Å². The molecule has 60 valence electrons. The fraction of sp³-hybridized carbons (Fsp3) is 0.625. The quantitative estimate of drug-likeness (QED) is 0.625. The predicted octanol–water partition coefficient (Wildman–Crippen LogP) is 0.877. The fourth-order valence-electron chi connectivity index (χ4n) is 1.59. The third kappa shape index (κ3) is 1.43. The summed E-state index contributed by atoms with van der Waals surface area (Å²) in [6.07, 6.45) is 6.25. The zero-order valence-electron chi connectivity index (χ0n) is 6.51. The molecule has 1 aromatic rings. The molecule has 0 aliphatic carbocycles. The predicted molar refractivity (Wildman–Crippen MR) is 43.4 cm³/mol. The number of aromatic amines is 1. The first kappa shape index (κ1) is 6.85. The molecule has 0 radical (unpaired) electrons. The van der Waals surface area contributed by atoms with E-state index in [1.807, 2.05) is 12.4 Å². The summed E-state index contributed by atoms with van der Waals surface area (Å²) in [5.41, 5.74) is 0. The molecule has 0 spiro atoms. The van der Waals surface area contributed by atoms with Crippen molar-refractivity contribution in [2.24, 2.45) is 0 Å². The van der Waals surface area contributed by atoms with Crippen molar-refractivity contribution in [1.29, 1.82) is 0 Å². The number of nitrogens with zero attached hydrogens (tertiary/aromatic N) is 1. The summed E-state index contributed by atoms with van der Waals surface area (Å²) in [5.74, 6) is 1.75. The van der Waals surface area contributed by atoms with Crippen LogP contribution in [0.2, 0.25) is 0 Å². The molecule has 2 heterocycles. The van der Waals surface area contributed by atoms with E-state index in [1.165, 1.54) is 12.8 Å². The molecule has 1 fully saturated rings. The fourth-order valence-corrected chi connectivity index (χ4v) is 1.59. The van der Waals surface area contributed by atoms with Crippen LogP contribution in [0.3, 0.4) is 0 Å². The minimum atomic E-state index is 0.610. The van der Waals surface area contributed by atoms with Crippen molar-refractivity contribution in [2.75, 3.05) is 13.1 Å². The van der Waals surface area contributed by atoms with E-state index in [9.17, 15) is 0 Å². The van der Waals surface area contributed by atoms with Crippen LogP contribution in [0.4, 0.5) is 0 Å². The van der Waals surface area contributed by atoms with E-state index < -0.39 is 0 Å². The van der Waals surface area contributed by atoms with Gasteiger partial charge in [0.05, 0.1) is 0 Å². The van der Waals surface area contributed by atoms with Crippen molar-refractivity contribution < 1.29 is 0 Å². The van der Waals surface area contributed by atoms with Gasteiger partial charge < -0.3 is 10.3 Å². The number of nitrogens with one attached hydrogen (secondary N) is 2. The van der Waals surface area contributed by atoms with Gasteiger partial charge in [-0.25, -0.2) is 4.98 Å². The molecule has 0 aromatic carbocycles. The SMILES string of the molecule is c1c[nH]c([C@@H]2CCCNC2)n1. The maximum atomic E-state index is 4.24. The molecule has 1 saturated heterocycles. The van der Waals surface area contributed by atoms with Crippen LogP contribution in [-0.4, -0.2) is 23.1 Å². The summed E-state index contributed by atoms with van der Waals surface area (Å²) < 4.78 is 0. The molecule has 3 nitrogen and oxygen atoms in total. The average molecular weight is 151 g/mol. The van der Waals surface area contributed by atoms with Gasteiger partial charge in [-0.05, 0) is 19.4 Å². The molecule has 0 unspecified atom stereocenters. The zero-order chi connectivity index (χ0) is 7.52. The topological polar surface area (TPSA) is 40.7 Å². The Morgan fingerprint density at radius 1 is 1.55 bits per heavy atom. The van der Waals surface area contributed by atoms with E-state index in [0.29, 0.717) is 5.92 Å². The van der Waals surface area contributed by atoms with E-state index in [1.54, 1.807) is 0 Å². The number of imidazole rings is 1. The highest BCUT2D eigenvalue weighted by atomic mass is 14.9. The highest BCUT2D eigenvalue weighted by Crippen LogP contribution is 2.18. The summed E-state index contributed by atoms with van der Waals surface area (Å²) in [6.45, 7) is 2.24. The van der Waals surface area contributed by atoms with Crippen molar-refractivity contribution in [3.63, 3.8) is 0 Å². The molecular formula is C8H13N3. The van der Waals surface area contributed by atoms with Gasteiger partial charge in [-0.1, -0.05) is 0 Å². The Labute approximate surface area is 66.2 Å². The van der Waals surface area contributed by atoms with Gasteiger partial charge in [-0.3, -0.25) is 0 Å². The third-order valence-electron chi connectivity index (χ3n) is 2.20. The number of hydrogen-bond acceptors (Lipinski definition) is 2. The standard InChI is InChI=1S/C8H13N3/c1-2-7(6-9-3-1)8-10-4-5-11-8/h4-5,7,9H,1-3,6H2,(H,10,11)/t7-/m1/s1. The zero-order valence-corrected chi connectivity index (χ0v) is 6.51. The molecule has 11 heavy (non-hydrogen) atoms. The van der Waals surface area contributed by atoms with Crippen molar-refractivity contribution in [3.8, 4) is 0 Å². The molecular weight excluding hydrogens is 138 g/mol. The highest BCUT2D eigenvalue weighted by molar-refractivity contribution is 4.99. The Hall–Kier alpha value is -0.830. The Kier molecular flexibility index (Phi) is 1.90. The summed E-state index contributed by atoms with van der Waals surface area (Å²) in [7, 11) is 0. The second kappa shape index (κ2) is 3.05. The smallest absolute Gasteiger partial charge is 0.110 e. The molecule has 1 aromatic heterocycles. The number of rotatable bonds is 1. The van der Waals surface area contributed by atoms with Gasteiger partial charge in [-0.15, -0.1) is 0 Å². The lowest BCUT2D eigenvalue weighted by atomic mass is 9.99. The van der Waals surface area contributed by atoms with Crippen molar-refractivity contribution in [3.05, 3.63) is 18.2 Å². The summed E-state index contributed by atoms with van der Waals surface area (Å²) in [6, 6.07) is 0. The van der Waals surface area contributed by atoms with Gasteiger partial charge in [0.15, 0.2) is 0 Å². The largest absolute Gasteiger partial charge is 0.348 e. The Morgan fingerprint density at radius 2 is 2.55 bits per heavy atom. The van der Waals surface area contributed by atoms with Crippen LogP contribution in [0.25, 0.3) is 0 Å². The first-order valence-corrected chi connectivity index (χ1v) is 4.17. The molecule has 2 rings (SSSR count). The first-order chi connectivity index (χ1) is 5.47. The van der Waals surface area contributed by atoms with Crippen LogP contribution in [0, 0.1) is 0 Å². The molecule has 1 aliphatic rings.